The molecule has 5 heteroatoms. The monoisotopic (exact) mass is 377 g/mol. The minimum Gasteiger partial charge on any atom is -0.393 e. The van der Waals surface area contributed by atoms with Gasteiger partial charge in [-0.1, -0.05) is 60.7 Å². The molecule has 5 nitrogen and oxygen atoms in total. The summed E-state index contributed by atoms with van der Waals surface area (Å²) in [6, 6.07) is 23.3. The van der Waals surface area contributed by atoms with Crippen molar-refractivity contribution in [2.45, 2.75) is 31.5 Å². The van der Waals surface area contributed by atoms with Gasteiger partial charge in [-0.3, -0.25) is 9.58 Å². The van der Waals surface area contributed by atoms with E-state index >= 15 is 0 Å². The lowest BCUT2D eigenvalue weighted by atomic mass is 9.90. The zero-order valence-corrected chi connectivity index (χ0v) is 16.0. The third kappa shape index (κ3) is 4.17. The molecule has 1 aliphatic heterocycles. The molecule has 146 valence electrons. The van der Waals surface area contributed by atoms with Crippen molar-refractivity contribution in [3.63, 3.8) is 0 Å². The van der Waals surface area contributed by atoms with E-state index in [0.717, 1.165) is 38.3 Å². The molecule has 0 unspecified atom stereocenters. The maximum Gasteiger partial charge on any atom is 0.121 e. The predicted octanol–water partition coefficient (Wildman–Crippen LogP) is 2.95. The molecule has 0 radical (unpaired) electrons. The zero-order chi connectivity index (χ0) is 19.3. The first kappa shape index (κ1) is 18.9. The van der Waals surface area contributed by atoms with Gasteiger partial charge in [0.1, 0.15) is 6.10 Å². The first-order chi connectivity index (χ1) is 13.7. The van der Waals surface area contributed by atoms with Crippen molar-refractivity contribution in [2.75, 3.05) is 19.7 Å². The fraction of sp³-hybridized carbons (Fsp3) is 0.348. The van der Waals surface area contributed by atoms with Crippen LogP contribution in [0.15, 0.2) is 66.7 Å². The van der Waals surface area contributed by atoms with Gasteiger partial charge in [-0.25, -0.2) is 0 Å². The Morgan fingerprint density at radius 2 is 1.57 bits per heavy atom. The van der Waals surface area contributed by atoms with Gasteiger partial charge in [-0.2, -0.15) is 5.10 Å². The largest absolute Gasteiger partial charge is 0.393 e. The van der Waals surface area contributed by atoms with Crippen molar-refractivity contribution in [3.8, 4) is 0 Å². The summed E-state index contributed by atoms with van der Waals surface area (Å²) >= 11 is 0. The minimum absolute atomic E-state index is 0.301. The number of aliphatic hydroxyl groups is 2. The molecule has 0 aliphatic carbocycles. The van der Waals surface area contributed by atoms with Crippen LogP contribution in [0.3, 0.4) is 0 Å². The van der Waals surface area contributed by atoms with E-state index in [1.165, 1.54) is 11.1 Å². The van der Waals surface area contributed by atoms with Crippen LogP contribution >= 0.6 is 0 Å². The number of fused-ring (bicyclic) bond motifs is 1. The van der Waals surface area contributed by atoms with Gasteiger partial charge < -0.3 is 10.2 Å². The van der Waals surface area contributed by atoms with E-state index in [1.807, 2.05) is 10.7 Å². The number of benzene rings is 2. The van der Waals surface area contributed by atoms with Gasteiger partial charge in [-0.05, 0) is 23.6 Å². The molecular formula is C23H27N3O2. The van der Waals surface area contributed by atoms with Crippen LogP contribution in [0.4, 0.5) is 0 Å². The van der Waals surface area contributed by atoms with Gasteiger partial charge in [0.25, 0.3) is 0 Å². The molecule has 0 spiro atoms. The summed E-state index contributed by atoms with van der Waals surface area (Å²) in [7, 11) is 0. The summed E-state index contributed by atoms with van der Waals surface area (Å²) in [6.07, 6.45) is 0.105. The molecule has 2 heterocycles. The molecule has 2 aromatic carbocycles. The van der Waals surface area contributed by atoms with Crippen LogP contribution in [0.1, 0.15) is 41.0 Å². The normalized spacial score (nSPS) is 16.0. The number of aromatic nitrogens is 2. The molecule has 0 saturated heterocycles. The zero-order valence-electron chi connectivity index (χ0n) is 16.0. The Morgan fingerprint density at radius 1 is 0.929 bits per heavy atom. The number of hydrogen-bond donors (Lipinski definition) is 2. The molecular weight excluding hydrogens is 350 g/mol. The van der Waals surface area contributed by atoms with E-state index in [-0.39, 0.29) is 6.61 Å². The quantitative estimate of drug-likeness (QED) is 0.693. The van der Waals surface area contributed by atoms with E-state index in [2.05, 4.69) is 70.7 Å². The van der Waals surface area contributed by atoms with Crippen LogP contribution in [0.5, 0.6) is 0 Å². The molecule has 2 N–H and O–H groups in total. The van der Waals surface area contributed by atoms with Gasteiger partial charge in [0.15, 0.2) is 0 Å². The fourth-order valence-electron chi connectivity index (χ4n) is 4.00. The van der Waals surface area contributed by atoms with E-state index in [0.29, 0.717) is 11.6 Å². The molecule has 1 aliphatic rings. The lowest BCUT2D eigenvalue weighted by molar-refractivity contribution is 0.0916. The highest BCUT2D eigenvalue weighted by molar-refractivity contribution is 5.33. The average Bonchev–Trinajstić information content (AvgIpc) is 3.05. The Labute approximate surface area is 165 Å². The molecule has 1 aromatic heterocycles. The highest BCUT2D eigenvalue weighted by Crippen LogP contribution is 2.27. The highest BCUT2D eigenvalue weighted by atomic mass is 16.3. The fourth-order valence-corrected chi connectivity index (χ4v) is 4.00. The Hall–Kier alpha value is -2.47. The van der Waals surface area contributed by atoms with Crippen LogP contribution in [-0.4, -0.2) is 44.6 Å². The van der Waals surface area contributed by atoms with Crippen LogP contribution in [-0.2, 0) is 13.1 Å². The van der Waals surface area contributed by atoms with Crippen LogP contribution in [0, 0.1) is 0 Å². The second-order valence-corrected chi connectivity index (χ2v) is 7.44. The molecule has 0 fully saturated rings. The average molecular weight is 377 g/mol. The van der Waals surface area contributed by atoms with Crippen molar-refractivity contribution in [1.82, 2.24) is 14.7 Å². The van der Waals surface area contributed by atoms with E-state index in [9.17, 15) is 10.2 Å². The first-order valence-electron chi connectivity index (χ1n) is 9.92. The summed E-state index contributed by atoms with van der Waals surface area (Å²) in [6.45, 7) is 3.27. The maximum atomic E-state index is 9.92. The van der Waals surface area contributed by atoms with Gasteiger partial charge in [0.2, 0.25) is 0 Å². The van der Waals surface area contributed by atoms with E-state index < -0.39 is 6.10 Å². The van der Waals surface area contributed by atoms with Gasteiger partial charge >= 0.3 is 0 Å². The number of hydrogen-bond acceptors (Lipinski definition) is 4. The molecule has 4 rings (SSSR count). The molecule has 0 bridgehead atoms. The molecule has 28 heavy (non-hydrogen) atoms. The summed E-state index contributed by atoms with van der Waals surface area (Å²) in [5, 5.41) is 23.6. The minimum atomic E-state index is -0.908. The van der Waals surface area contributed by atoms with Gasteiger partial charge in [0.05, 0.1) is 18.0 Å². The summed E-state index contributed by atoms with van der Waals surface area (Å²) < 4.78 is 1.98. The Kier molecular flexibility index (Phi) is 5.86. The number of aryl methyl sites for hydroxylation is 1. The predicted molar refractivity (Wildman–Crippen MR) is 109 cm³/mol. The summed E-state index contributed by atoms with van der Waals surface area (Å²) in [4.78, 5) is 2.47. The third-order valence-corrected chi connectivity index (χ3v) is 5.47. The number of rotatable bonds is 6. The van der Waals surface area contributed by atoms with Gasteiger partial charge in [0, 0.05) is 32.1 Å². The van der Waals surface area contributed by atoms with Crippen LogP contribution in [0.25, 0.3) is 0 Å². The standard InChI is InChI=1S/C23H27N3O2/c27-17-23(28)22-14-20-15-25(12-7-13-26(20)24-22)16-21(18-8-3-1-4-9-18)19-10-5-2-6-11-19/h1-6,8-11,14,21,23,27-28H,7,12-13,15-17H2/t23-/m0/s1. The van der Waals surface area contributed by atoms with Crippen molar-refractivity contribution < 1.29 is 10.2 Å². The highest BCUT2D eigenvalue weighted by Gasteiger charge is 2.23. The second kappa shape index (κ2) is 8.69. The van der Waals surface area contributed by atoms with Crippen molar-refractivity contribution in [1.29, 1.82) is 0 Å². The van der Waals surface area contributed by atoms with Crippen LogP contribution in [0.2, 0.25) is 0 Å². The lowest BCUT2D eigenvalue weighted by Crippen LogP contribution is -2.29. The number of aliphatic hydroxyl groups excluding tert-OH is 2. The smallest absolute Gasteiger partial charge is 0.121 e. The van der Waals surface area contributed by atoms with Crippen molar-refractivity contribution in [2.24, 2.45) is 0 Å². The van der Waals surface area contributed by atoms with Crippen LogP contribution < -0.4 is 0 Å². The molecule has 1 atom stereocenters. The SMILES string of the molecule is OC[C@H](O)c1cc2n(n1)CCCN(CC(c1ccccc1)c1ccccc1)C2. The maximum absolute atomic E-state index is 9.92. The first-order valence-corrected chi connectivity index (χ1v) is 9.92. The van der Waals surface area contributed by atoms with Gasteiger partial charge in [-0.15, -0.1) is 0 Å². The van der Waals surface area contributed by atoms with Crippen molar-refractivity contribution >= 4 is 0 Å². The molecule has 3 aromatic rings. The topological polar surface area (TPSA) is 61.5 Å². The third-order valence-electron chi connectivity index (χ3n) is 5.47. The van der Waals surface area contributed by atoms with Crippen molar-refractivity contribution in [3.05, 3.63) is 89.2 Å². The van der Waals surface area contributed by atoms with E-state index in [4.69, 9.17) is 0 Å². The number of nitrogens with zero attached hydrogens (tertiary/aromatic N) is 3. The Bertz CT molecular complexity index is 840. The molecule has 0 saturated carbocycles. The summed E-state index contributed by atoms with van der Waals surface area (Å²) in [5.74, 6) is 0.305. The van der Waals surface area contributed by atoms with E-state index in [1.54, 1.807) is 0 Å². The second-order valence-electron chi connectivity index (χ2n) is 7.44. The Morgan fingerprint density at radius 3 is 2.18 bits per heavy atom. The lowest BCUT2D eigenvalue weighted by Gasteiger charge is -2.27. The molecule has 0 amide bonds. The summed E-state index contributed by atoms with van der Waals surface area (Å²) in [5.41, 5.74) is 4.30. The Balaban J connectivity index is 1.58.